The second kappa shape index (κ2) is 3.56. The van der Waals surface area contributed by atoms with E-state index in [0.29, 0.717) is 6.17 Å². The monoisotopic (exact) mass is 142 g/mol. The van der Waals surface area contributed by atoms with Crippen LogP contribution < -0.4 is 5.32 Å². The molecule has 1 rings (SSSR count). The predicted octanol–water partition coefficient (Wildman–Crippen LogP) is 0.174. The van der Waals surface area contributed by atoms with Crippen molar-refractivity contribution in [2.24, 2.45) is 0 Å². The number of carbonyl (C=O) groups excluding carboxylic acids is 1. The fourth-order valence-electron chi connectivity index (χ4n) is 1.47. The summed E-state index contributed by atoms with van der Waals surface area (Å²) < 4.78 is 0. The number of carbonyl (C=O) groups is 1. The van der Waals surface area contributed by atoms with Crippen molar-refractivity contribution < 1.29 is 4.79 Å². The molecule has 1 saturated heterocycles. The van der Waals surface area contributed by atoms with Crippen LogP contribution in [0.3, 0.4) is 0 Å². The molecule has 0 bridgehead atoms. The Labute approximate surface area is 61.4 Å². The number of rotatable bonds is 3. The van der Waals surface area contributed by atoms with Crippen LogP contribution >= 0.6 is 0 Å². The van der Waals surface area contributed by atoms with Gasteiger partial charge in [-0.1, -0.05) is 6.92 Å². The number of hydrogen-bond donors (Lipinski definition) is 1. The zero-order valence-corrected chi connectivity index (χ0v) is 6.34. The molecule has 1 fully saturated rings. The van der Waals surface area contributed by atoms with Gasteiger partial charge in [0.2, 0.25) is 6.41 Å². The molecule has 1 aliphatic heterocycles. The molecule has 10 heavy (non-hydrogen) atoms. The molecule has 0 aromatic heterocycles. The van der Waals surface area contributed by atoms with E-state index < -0.39 is 0 Å². The normalized spacial score (nSPS) is 26.7. The van der Waals surface area contributed by atoms with Gasteiger partial charge in [0.05, 0.1) is 6.17 Å². The first-order valence-corrected chi connectivity index (χ1v) is 3.82. The minimum absolute atomic E-state index is 0.308. The van der Waals surface area contributed by atoms with Crippen LogP contribution in [0.25, 0.3) is 0 Å². The standard InChI is InChI=1S/C7H14N2O/c1-2-9-5-3-4-7(9)8-6-10/h6-7H,2-5H2,1H3,(H,8,10)/t7-/m0/s1. The highest BCUT2D eigenvalue weighted by atomic mass is 16.1. The van der Waals surface area contributed by atoms with Gasteiger partial charge in [-0.3, -0.25) is 9.69 Å². The minimum atomic E-state index is 0.308. The topological polar surface area (TPSA) is 32.3 Å². The third-order valence-corrected chi connectivity index (χ3v) is 2.03. The fraction of sp³-hybridized carbons (Fsp3) is 0.857. The summed E-state index contributed by atoms with van der Waals surface area (Å²) >= 11 is 0. The largest absolute Gasteiger partial charge is 0.343 e. The third kappa shape index (κ3) is 1.48. The van der Waals surface area contributed by atoms with Gasteiger partial charge in [-0.25, -0.2) is 0 Å². The lowest BCUT2D eigenvalue weighted by atomic mass is 10.3. The molecule has 0 aromatic carbocycles. The summed E-state index contributed by atoms with van der Waals surface area (Å²) in [6, 6.07) is 0. The van der Waals surface area contributed by atoms with Crippen molar-refractivity contribution in [2.45, 2.75) is 25.9 Å². The molecule has 0 aliphatic carbocycles. The van der Waals surface area contributed by atoms with Gasteiger partial charge in [-0.05, 0) is 19.4 Å². The first kappa shape index (κ1) is 7.54. The van der Waals surface area contributed by atoms with E-state index in [1.54, 1.807) is 0 Å². The minimum Gasteiger partial charge on any atom is -0.343 e. The van der Waals surface area contributed by atoms with Crippen LogP contribution in [0.4, 0.5) is 0 Å². The Hall–Kier alpha value is -0.570. The van der Waals surface area contributed by atoms with Crippen LogP contribution in [0.1, 0.15) is 19.8 Å². The Balaban J connectivity index is 2.34. The van der Waals surface area contributed by atoms with E-state index in [1.165, 1.54) is 6.42 Å². The Morgan fingerprint density at radius 2 is 2.60 bits per heavy atom. The molecular weight excluding hydrogens is 128 g/mol. The zero-order chi connectivity index (χ0) is 7.40. The van der Waals surface area contributed by atoms with Gasteiger partial charge >= 0.3 is 0 Å². The van der Waals surface area contributed by atoms with Crippen LogP contribution in [0.2, 0.25) is 0 Å². The lowest BCUT2D eigenvalue weighted by Crippen LogP contribution is -2.40. The van der Waals surface area contributed by atoms with Gasteiger partial charge in [0.15, 0.2) is 0 Å². The van der Waals surface area contributed by atoms with Crippen molar-refractivity contribution >= 4 is 6.41 Å². The molecule has 3 nitrogen and oxygen atoms in total. The lowest BCUT2D eigenvalue weighted by molar-refractivity contribution is -0.111. The summed E-state index contributed by atoms with van der Waals surface area (Å²) in [5, 5.41) is 2.79. The summed E-state index contributed by atoms with van der Waals surface area (Å²) in [5.74, 6) is 0. The smallest absolute Gasteiger partial charge is 0.208 e. The summed E-state index contributed by atoms with van der Waals surface area (Å²) in [4.78, 5) is 12.4. The summed E-state index contributed by atoms with van der Waals surface area (Å²) in [7, 11) is 0. The Bertz CT molecular complexity index is 116. The van der Waals surface area contributed by atoms with Gasteiger partial charge in [0.25, 0.3) is 0 Å². The SMILES string of the molecule is CCN1CCC[C@H]1NC=O. The van der Waals surface area contributed by atoms with Gasteiger partial charge in [-0.15, -0.1) is 0 Å². The molecule has 1 heterocycles. The van der Waals surface area contributed by atoms with E-state index in [9.17, 15) is 4.79 Å². The van der Waals surface area contributed by atoms with Crippen LogP contribution in [0.15, 0.2) is 0 Å². The molecule has 3 heteroatoms. The van der Waals surface area contributed by atoms with Gasteiger partial charge in [0.1, 0.15) is 0 Å². The summed E-state index contributed by atoms with van der Waals surface area (Å²) in [5.41, 5.74) is 0. The number of nitrogens with one attached hydrogen (secondary N) is 1. The zero-order valence-electron chi connectivity index (χ0n) is 6.34. The third-order valence-electron chi connectivity index (χ3n) is 2.03. The van der Waals surface area contributed by atoms with E-state index in [2.05, 4.69) is 17.1 Å². The summed E-state index contributed by atoms with van der Waals surface area (Å²) in [6.07, 6.45) is 3.41. The van der Waals surface area contributed by atoms with E-state index in [4.69, 9.17) is 0 Å². The van der Waals surface area contributed by atoms with Crippen LogP contribution in [-0.4, -0.2) is 30.6 Å². The van der Waals surface area contributed by atoms with Crippen molar-refractivity contribution in [3.63, 3.8) is 0 Å². The Kier molecular flexibility index (Phi) is 2.68. The average molecular weight is 142 g/mol. The lowest BCUT2D eigenvalue weighted by Gasteiger charge is -2.21. The average Bonchev–Trinajstić information content (AvgIpc) is 2.36. The first-order valence-electron chi connectivity index (χ1n) is 3.82. The highest BCUT2D eigenvalue weighted by molar-refractivity contribution is 5.46. The first-order chi connectivity index (χ1) is 4.88. The van der Waals surface area contributed by atoms with E-state index in [-0.39, 0.29) is 0 Å². The maximum Gasteiger partial charge on any atom is 0.208 e. The van der Waals surface area contributed by atoms with Gasteiger partial charge in [-0.2, -0.15) is 0 Å². The fourth-order valence-corrected chi connectivity index (χ4v) is 1.47. The van der Waals surface area contributed by atoms with Gasteiger partial charge < -0.3 is 5.32 Å². The quantitative estimate of drug-likeness (QED) is 0.570. The number of hydrogen-bond acceptors (Lipinski definition) is 2. The van der Waals surface area contributed by atoms with Crippen molar-refractivity contribution in [3.8, 4) is 0 Å². The molecule has 0 unspecified atom stereocenters. The van der Waals surface area contributed by atoms with Gasteiger partial charge in [0, 0.05) is 6.54 Å². The molecule has 1 amide bonds. The van der Waals surface area contributed by atoms with Crippen molar-refractivity contribution in [1.29, 1.82) is 0 Å². The maximum atomic E-state index is 10.1. The number of nitrogens with zero attached hydrogens (tertiary/aromatic N) is 1. The molecule has 0 saturated carbocycles. The van der Waals surface area contributed by atoms with Crippen molar-refractivity contribution in [1.82, 2.24) is 10.2 Å². The maximum absolute atomic E-state index is 10.1. The highest BCUT2D eigenvalue weighted by Gasteiger charge is 2.21. The summed E-state index contributed by atoms with van der Waals surface area (Å²) in [6.45, 7) is 4.28. The molecule has 1 atom stereocenters. The Morgan fingerprint density at radius 3 is 3.20 bits per heavy atom. The van der Waals surface area contributed by atoms with Crippen LogP contribution in [0, 0.1) is 0 Å². The second-order valence-corrected chi connectivity index (χ2v) is 2.57. The molecule has 58 valence electrons. The van der Waals surface area contributed by atoms with Crippen molar-refractivity contribution in [2.75, 3.05) is 13.1 Å². The molecule has 0 radical (unpaired) electrons. The van der Waals surface area contributed by atoms with E-state index >= 15 is 0 Å². The number of amides is 1. The van der Waals surface area contributed by atoms with Crippen LogP contribution in [0.5, 0.6) is 0 Å². The molecule has 1 N–H and O–H groups in total. The second-order valence-electron chi connectivity index (χ2n) is 2.57. The van der Waals surface area contributed by atoms with Crippen molar-refractivity contribution in [3.05, 3.63) is 0 Å². The van der Waals surface area contributed by atoms with E-state index in [1.807, 2.05) is 0 Å². The molecular formula is C7H14N2O. The Morgan fingerprint density at radius 1 is 1.80 bits per heavy atom. The molecule has 1 aliphatic rings. The molecule has 0 aromatic rings. The number of likely N-dealkylation sites (tertiary alicyclic amines) is 1. The highest BCUT2D eigenvalue weighted by Crippen LogP contribution is 2.12. The van der Waals surface area contributed by atoms with E-state index in [0.717, 1.165) is 25.9 Å². The predicted molar refractivity (Wildman–Crippen MR) is 39.5 cm³/mol. The molecule has 0 spiro atoms. The van der Waals surface area contributed by atoms with Crippen LogP contribution in [-0.2, 0) is 4.79 Å².